The monoisotopic (exact) mass is 767 g/mol. The lowest BCUT2D eigenvalue weighted by Gasteiger charge is -2.25. The van der Waals surface area contributed by atoms with Crippen LogP contribution in [0.25, 0.3) is 0 Å². The van der Waals surface area contributed by atoms with E-state index in [-0.39, 0.29) is 24.7 Å². The first kappa shape index (κ1) is 51.4. The van der Waals surface area contributed by atoms with Gasteiger partial charge in [-0.3, -0.25) is 19.2 Å². The normalized spacial score (nSPS) is 13.0. The Kier molecular flexibility index (Phi) is 34.2. The van der Waals surface area contributed by atoms with Gasteiger partial charge in [0.15, 0.2) is 0 Å². The van der Waals surface area contributed by atoms with E-state index in [0.717, 1.165) is 38.5 Å². The van der Waals surface area contributed by atoms with Crippen molar-refractivity contribution in [3.63, 3.8) is 0 Å². The molecule has 0 spiro atoms. The lowest BCUT2D eigenvalue weighted by Crippen LogP contribution is -2.54. The maximum atomic E-state index is 13.2. The number of carbonyl (C=O) groups is 5. The third-order valence-corrected chi connectivity index (χ3v) is 10.4. The summed E-state index contributed by atoms with van der Waals surface area (Å²) in [7, 11) is 0. The smallest absolute Gasteiger partial charge is 0.326 e. The van der Waals surface area contributed by atoms with Gasteiger partial charge in [0.25, 0.3) is 0 Å². The molecule has 4 N–H and O–H groups in total. The molecule has 1 unspecified atom stereocenters. The van der Waals surface area contributed by atoms with Crippen molar-refractivity contribution in [2.75, 3.05) is 0 Å². The van der Waals surface area contributed by atoms with Crippen LogP contribution in [0.5, 0.6) is 0 Å². The Morgan fingerprint density at radius 3 is 1.31 bits per heavy atom. The quantitative estimate of drug-likeness (QED) is 0.0355. The number of carboxylic acid groups (broad SMARTS) is 2. The maximum absolute atomic E-state index is 13.2. The van der Waals surface area contributed by atoms with Crippen LogP contribution in [0.15, 0.2) is 0 Å². The second kappa shape index (κ2) is 36.0. The minimum absolute atomic E-state index is 0.0829. The van der Waals surface area contributed by atoms with E-state index in [2.05, 4.69) is 24.5 Å². The number of hydrogen-bond acceptors (Lipinski definition) is 6. The van der Waals surface area contributed by atoms with E-state index in [4.69, 9.17) is 9.84 Å². The van der Waals surface area contributed by atoms with Crippen LogP contribution in [0.3, 0.4) is 0 Å². The molecule has 2 amide bonds. The number of carboxylic acids is 2. The predicted molar refractivity (Wildman–Crippen MR) is 218 cm³/mol. The Balaban J connectivity index is 4.86. The van der Waals surface area contributed by atoms with Gasteiger partial charge in [0.1, 0.15) is 18.2 Å². The molecule has 0 rings (SSSR count). The van der Waals surface area contributed by atoms with Gasteiger partial charge in [-0.05, 0) is 31.6 Å². The van der Waals surface area contributed by atoms with Crippen molar-refractivity contribution in [2.45, 2.75) is 245 Å². The lowest BCUT2D eigenvalue weighted by atomic mass is 10.0. The molecule has 54 heavy (non-hydrogen) atoms. The van der Waals surface area contributed by atoms with Gasteiger partial charge in [-0.1, -0.05) is 182 Å². The Morgan fingerprint density at radius 2 is 0.926 bits per heavy atom. The molecular weight excluding hydrogens is 684 g/mol. The van der Waals surface area contributed by atoms with Gasteiger partial charge in [-0.2, -0.15) is 0 Å². The highest BCUT2D eigenvalue weighted by Gasteiger charge is 2.30. The van der Waals surface area contributed by atoms with Crippen LogP contribution in [0.1, 0.15) is 227 Å². The molecule has 0 aliphatic rings. The molecule has 10 nitrogen and oxygen atoms in total. The highest BCUT2D eigenvalue weighted by atomic mass is 16.5. The van der Waals surface area contributed by atoms with Crippen LogP contribution in [0.4, 0.5) is 0 Å². The average Bonchev–Trinajstić information content (AvgIpc) is 3.12. The summed E-state index contributed by atoms with van der Waals surface area (Å²) in [5, 5.41) is 23.5. The number of ether oxygens (including phenoxy) is 1. The number of amides is 2. The fourth-order valence-corrected chi connectivity index (χ4v) is 6.89. The van der Waals surface area contributed by atoms with E-state index in [1.807, 2.05) is 0 Å². The summed E-state index contributed by atoms with van der Waals surface area (Å²) in [5.74, 6) is -4.31. The number of carbonyl (C=O) groups excluding carboxylic acids is 3. The standard InChI is InChI=1S/C44H82N2O8/c1-5-7-9-11-13-15-17-19-21-23-25-27-29-31-37(54-41(50)32-30-28-26-24-22-20-18-16-14-12-10-8-6-2)35-39(47)46-42(36(3)4)43(51)45-38(44(52)53)33-34-40(48)49/h36-38,42H,5-35H2,1-4H3,(H,45,51)(H,46,47)(H,48,49)(H,52,53)/t37?,38-,42-/m1/s1. The summed E-state index contributed by atoms with van der Waals surface area (Å²) in [5.41, 5.74) is 0. The predicted octanol–water partition coefficient (Wildman–Crippen LogP) is 10.8. The number of nitrogens with one attached hydrogen (secondary N) is 2. The zero-order chi connectivity index (χ0) is 40.2. The van der Waals surface area contributed by atoms with Crippen LogP contribution < -0.4 is 10.6 Å². The number of unbranched alkanes of at least 4 members (excludes halogenated alkanes) is 24. The van der Waals surface area contributed by atoms with Crippen molar-refractivity contribution in [3.05, 3.63) is 0 Å². The molecule has 3 atom stereocenters. The molecule has 0 saturated carbocycles. The second-order valence-electron chi connectivity index (χ2n) is 16.0. The Morgan fingerprint density at radius 1 is 0.519 bits per heavy atom. The SMILES string of the molecule is CCCCCCCCCCCCCCCC(=O)OC(CCCCCCCCCCCCCCC)CC(=O)N[C@@H](C(=O)N[C@H](CCC(=O)O)C(=O)O)C(C)C. The fraction of sp³-hybridized carbons (Fsp3) is 0.886. The van der Waals surface area contributed by atoms with E-state index in [9.17, 15) is 29.1 Å². The molecule has 0 heterocycles. The molecule has 0 aromatic carbocycles. The summed E-state index contributed by atoms with van der Waals surface area (Å²) in [4.78, 5) is 61.8. The van der Waals surface area contributed by atoms with Crippen LogP contribution in [-0.2, 0) is 28.7 Å². The molecule has 0 aromatic heterocycles. The molecule has 0 radical (unpaired) electrons. The molecule has 10 heteroatoms. The molecule has 316 valence electrons. The van der Waals surface area contributed by atoms with E-state index in [1.165, 1.54) is 128 Å². The zero-order valence-electron chi connectivity index (χ0n) is 35.1. The molecule has 0 saturated heterocycles. The minimum atomic E-state index is -1.39. The summed E-state index contributed by atoms with van der Waals surface area (Å²) in [6, 6.07) is -2.41. The first-order chi connectivity index (χ1) is 26.0. The molecule has 0 aromatic rings. The van der Waals surface area contributed by atoms with Crippen molar-refractivity contribution in [1.82, 2.24) is 10.6 Å². The van der Waals surface area contributed by atoms with Gasteiger partial charge in [0.05, 0.1) is 6.42 Å². The van der Waals surface area contributed by atoms with Crippen molar-refractivity contribution in [2.24, 2.45) is 5.92 Å². The van der Waals surface area contributed by atoms with Gasteiger partial charge in [0.2, 0.25) is 11.8 Å². The van der Waals surface area contributed by atoms with E-state index in [1.54, 1.807) is 13.8 Å². The summed E-state index contributed by atoms with van der Waals surface area (Å²) >= 11 is 0. The van der Waals surface area contributed by atoms with Gasteiger partial charge in [0, 0.05) is 12.8 Å². The Labute approximate surface area is 329 Å². The first-order valence-electron chi connectivity index (χ1n) is 22.3. The molecule has 0 aliphatic heterocycles. The lowest BCUT2D eigenvalue weighted by molar-refractivity contribution is -0.151. The highest BCUT2D eigenvalue weighted by Crippen LogP contribution is 2.18. The summed E-state index contributed by atoms with van der Waals surface area (Å²) in [6.45, 7) is 7.96. The molecule has 0 aliphatic carbocycles. The highest BCUT2D eigenvalue weighted by molar-refractivity contribution is 5.91. The second-order valence-corrected chi connectivity index (χ2v) is 16.0. The molecule has 0 fully saturated rings. The van der Waals surface area contributed by atoms with Gasteiger partial charge < -0.3 is 25.6 Å². The number of rotatable bonds is 39. The average molecular weight is 767 g/mol. The minimum Gasteiger partial charge on any atom is -0.481 e. The molecule has 0 bridgehead atoms. The zero-order valence-corrected chi connectivity index (χ0v) is 35.1. The topological polar surface area (TPSA) is 159 Å². The summed E-state index contributed by atoms with van der Waals surface area (Å²) < 4.78 is 5.85. The van der Waals surface area contributed by atoms with Crippen molar-refractivity contribution in [1.29, 1.82) is 0 Å². The van der Waals surface area contributed by atoms with E-state index >= 15 is 0 Å². The van der Waals surface area contributed by atoms with Crippen molar-refractivity contribution < 1.29 is 38.9 Å². The van der Waals surface area contributed by atoms with Crippen LogP contribution in [0, 0.1) is 5.92 Å². The maximum Gasteiger partial charge on any atom is 0.326 e. The van der Waals surface area contributed by atoms with Gasteiger partial charge in [-0.25, -0.2) is 4.79 Å². The Hall–Kier alpha value is -2.65. The van der Waals surface area contributed by atoms with E-state index < -0.39 is 48.4 Å². The number of esters is 1. The third-order valence-electron chi connectivity index (χ3n) is 10.4. The molecular formula is C44H82N2O8. The van der Waals surface area contributed by atoms with Crippen molar-refractivity contribution in [3.8, 4) is 0 Å². The van der Waals surface area contributed by atoms with Crippen LogP contribution >= 0.6 is 0 Å². The first-order valence-corrected chi connectivity index (χ1v) is 22.3. The number of aliphatic carboxylic acids is 2. The fourth-order valence-electron chi connectivity index (χ4n) is 6.89. The van der Waals surface area contributed by atoms with Crippen molar-refractivity contribution >= 4 is 29.7 Å². The van der Waals surface area contributed by atoms with Crippen LogP contribution in [-0.4, -0.2) is 58.1 Å². The Bertz CT molecular complexity index is 972. The number of hydrogen-bond donors (Lipinski definition) is 4. The largest absolute Gasteiger partial charge is 0.481 e. The van der Waals surface area contributed by atoms with Gasteiger partial charge >= 0.3 is 17.9 Å². The van der Waals surface area contributed by atoms with Crippen LogP contribution in [0.2, 0.25) is 0 Å². The van der Waals surface area contributed by atoms with Gasteiger partial charge in [-0.15, -0.1) is 0 Å². The summed E-state index contributed by atoms with van der Waals surface area (Å²) in [6.07, 6.45) is 31.3. The van der Waals surface area contributed by atoms with E-state index in [0.29, 0.717) is 12.8 Å². The third kappa shape index (κ3) is 31.7.